The summed E-state index contributed by atoms with van der Waals surface area (Å²) in [6, 6.07) is 5.42. The van der Waals surface area contributed by atoms with E-state index < -0.39 is 11.5 Å². The van der Waals surface area contributed by atoms with E-state index in [0.717, 1.165) is 10.2 Å². The minimum Gasteiger partial charge on any atom is -0.348 e. The number of nitrogens with one attached hydrogen (secondary N) is 1. The van der Waals surface area contributed by atoms with Gasteiger partial charge in [0.05, 0.1) is 17.3 Å². The molecule has 2 rings (SSSR count). The Labute approximate surface area is 135 Å². The molecule has 1 amide bonds. The van der Waals surface area contributed by atoms with Gasteiger partial charge in [-0.05, 0) is 24.6 Å². The van der Waals surface area contributed by atoms with Crippen molar-refractivity contribution in [3.8, 4) is 0 Å². The fourth-order valence-corrected chi connectivity index (χ4v) is 2.09. The zero-order valence-corrected chi connectivity index (χ0v) is 13.0. The topological polar surface area (TPSA) is 64.0 Å². The highest BCUT2D eigenvalue weighted by Crippen LogP contribution is 2.15. The van der Waals surface area contributed by atoms with Gasteiger partial charge in [-0.25, -0.2) is 9.07 Å². The third kappa shape index (κ3) is 3.84. The van der Waals surface area contributed by atoms with Crippen LogP contribution in [0.2, 0.25) is 10.0 Å². The van der Waals surface area contributed by atoms with Crippen molar-refractivity contribution in [1.29, 1.82) is 0 Å². The average molecular weight is 344 g/mol. The maximum absolute atomic E-state index is 12.9. The Bertz CT molecular complexity index is 747. The molecule has 0 aliphatic heterocycles. The molecular weight excluding hydrogens is 332 g/mol. The van der Waals surface area contributed by atoms with Crippen LogP contribution >= 0.6 is 23.2 Å². The first-order valence-electron chi connectivity index (χ1n) is 6.34. The fourth-order valence-electron chi connectivity index (χ4n) is 1.82. The van der Waals surface area contributed by atoms with E-state index in [2.05, 4.69) is 10.4 Å². The van der Waals surface area contributed by atoms with E-state index in [0.29, 0.717) is 0 Å². The normalized spacial score (nSPS) is 12.0. The van der Waals surface area contributed by atoms with E-state index >= 15 is 0 Å². The molecule has 1 atom stereocenters. The van der Waals surface area contributed by atoms with Crippen molar-refractivity contribution in [3.63, 3.8) is 0 Å². The average Bonchev–Trinajstić information content (AvgIpc) is 2.48. The standard InChI is InChI=1S/C14H12Cl2FN3O2/c1-8(9-2-4-10(17)5-3-9)19-12(21)7-20-14(22)13(16)11(15)6-18-20/h2-6,8H,7H2,1H3,(H,19,21)/t8-/m0/s1. The highest BCUT2D eigenvalue weighted by molar-refractivity contribution is 6.41. The summed E-state index contributed by atoms with van der Waals surface area (Å²) in [5, 5.41) is 6.28. The van der Waals surface area contributed by atoms with Gasteiger partial charge in [-0.15, -0.1) is 0 Å². The van der Waals surface area contributed by atoms with E-state index in [9.17, 15) is 14.0 Å². The molecule has 1 aromatic heterocycles. The van der Waals surface area contributed by atoms with Crippen LogP contribution in [0.25, 0.3) is 0 Å². The summed E-state index contributed by atoms with van der Waals surface area (Å²) in [6.45, 7) is 1.46. The fraction of sp³-hybridized carbons (Fsp3) is 0.214. The lowest BCUT2D eigenvalue weighted by molar-refractivity contribution is -0.122. The number of rotatable bonds is 4. The molecule has 0 aliphatic rings. The minimum absolute atomic E-state index is 0.0306. The molecule has 116 valence electrons. The van der Waals surface area contributed by atoms with Gasteiger partial charge in [-0.3, -0.25) is 9.59 Å². The van der Waals surface area contributed by atoms with Crippen LogP contribution < -0.4 is 10.9 Å². The van der Waals surface area contributed by atoms with Gasteiger partial charge < -0.3 is 5.32 Å². The second kappa shape index (κ2) is 6.89. The second-order valence-corrected chi connectivity index (χ2v) is 5.40. The molecule has 0 fully saturated rings. The van der Waals surface area contributed by atoms with Crippen molar-refractivity contribution in [2.45, 2.75) is 19.5 Å². The summed E-state index contributed by atoms with van der Waals surface area (Å²) in [7, 11) is 0. The van der Waals surface area contributed by atoms with Gasteiger partial charge in [0, 0.05) is 0 Å². The molecule has 0 saturated carbocycles. The highest BCUT2D eigenvalue weighted by atomic mass is 35.5. The predicted octanol–water partition coefficient (Wildman–Crippen LogP) is 2.57. The van der Waals surface area contributed by atoms with Gasteiger partial charge in [-0.1, -0.05) is 35.3 Å². The lowest BCUT2D eigenvalue weighted by Gasteiger charge is -2.14. The van der Waals surface area contributed by atoms with Crippen LogP contribution in [0.1, 0.15) is 18.5 Å². The van der Waals surface area contributed by atoms with Crippen molar-refractivity contribution in [1.82, 2.24) is 15.1 Å². The van der Waals surface area contributed by atoms with Gasteiger partial charge >= 0.3 is 0 Å². The maximum Gasteiger partial charge on any atom is 0.287 e. The molecule has 8 heteroatoms. The zero-order valence-electron chi connectivity index (χ0n) is 11.5. The molecule has 1 N–H and O–H groups in total. The molecule has 0 radical (unpaired) electrons. The van der Waals surface area contributed by atoms with Crippen LogP contribution in [0.5, 0.6) is 0 Å². The smallest absolute Gasteiger partial charge is 0.287 e. The van der Waals surface area contributed by atoms with Crippen LogP contribution in [0, 0.1) is 5.82 Å². The Hall–Kier alpha value is -1.92. The molecule has 1 heterocycles. The first kappa shape index (κ1) is 16.5. The number of amides is 1. The number of nitrogens with zero attached hydrogens (tertiary/aromatic N) is 2. The van der Waals surface area contributed by atoms with E-state index in [4.69, 9.17) is 23.2 Å². The lowest BCUT2D eigenvalue weighted by atomic mass is 10.1. The van der Waals surface area contributed by atoms with Crippen molar-refractivity contribution in [2.75, 3.05) is 0 Å². The first-order chi connectivity index (χ1) is 10.4. The number of halogens is 3. The summed E-state index contributed by atoms with van der Waals surface area (Å²) < 4.78 is 13.8. The Morgan fingerprint density at radius 2 is 2.00 bits per heavy atom. The van der Waals surface area contributed by atoms with Crippen molar-refractivity contribution < 1.29 is 9.18 Å². The van der Waals surface area contributed by atoms with Gasteiger partial charge in [0.15, 0.2) is 0 Å². The molecule has 2 aromatic rings. The van der Waals surface area contributed by atoms with E-state index in [1.165, 1.54) is 18.3 Å². The van der Waals surface area contributed by atoms with Gasteiger partial charge in [-0.2, -0.15) is 5.10 Å². The van der Waals surface area contributed by atoms with Crippen LogP contribution in [0.4, 0.5) is 4.39 Å². The maximum atomic E-state index is 12.9. The number of hydrogen-bond donors (Lipinski definition) is 1. The number of hydrogen-bond acceptors (Lipinski definition) is 3. The van der Waals surface area contributed by atoms with Crippen molar-refractivity contribution >= 4 is 29.1 Å². The van der Waals surface area contributed by atoms with Gasteiger partial charge in [0.1, 0.15) is 17.4 Å². The number of carbonyl (C=O) groups is 1. The number of benzene rings is 1. The van der Waals surface area contributed by atoms with Crippen molar-refractivity contribution in [3.05, 3.63) is 62.2 Å². The predicted molar refractivity (Wildman–Crippen MR) is 81.5 cm³/mol. The summed E-state index contributed by atoms with van der Waals surface area (Å²) in [5.41, 5.74) is 0.1000. The Morgan fingerprint density at radius 1 is 1.36 bits per heavy atom. The molecule has 0 aliphatic carbocycles. The molecule has 0 unspecified atom stereocenters. The molecule has 0 bridgehead atoms. The molecular formula is C14H12Cl2FN3O2. The first-order valence-corrected chi connectivity index (χ1v) is 7.10. The minimum atomic E-state index is -0.640. The lowest BCUT2D eigenvalue weighted by Crippen LogP contribution is -2.35. The van der Waals surface area contributed by atoms with E-state index in [-0.39, 0.29) is 28.4 Å². The molecule has 1 aromatic carbocycles. The summed E-state index contributed by atoms with van der Waals surface area (Å²) >= 11 is 11.4. The van der Waals surface area contributed by atoms with E-state index in [1.807, 2.05) is 0 Å². The van der Waals surface area contributed by atoms with Crippen molar-refractivity contribution in [2.24, 2.45) is 0 Å². The van der Waals surface area contributed by atoms with Crippen LogP contribution in [-0.2, 0) is 11.3 Å². The van der Waals surface area contributed by atoms with Crippen LogP contribution in [0.15, 0.2) is 35.3 Å². The summed E-state index contributed by atoms with van der Waals surface area (Å²) in [6.07, 6.45) is 1.20. The Kier molecular flexibility index (Phi) is 5.15. The summed E-state index contributed by atoms with van der Waals surface area (Å²) in [5.74, 6) is -0.779. The molecule has 0 saturated heterocycles. The second-order valence-electron chi connectivity index (χ2n) is 4.61. The number of aromatic nitrogens is 2. The van der Waals surface area contributed by atoms with E-state index in [1.54, 1.807) is 19.1 Å². The monoisotopic (exact) mass is 343 g/mol. The SMILES string of the molecule is C[C@H](NC(=O)Cn1ncc(Cl)c(Cl)c1=O)c1ccc(F)cc1. The van der Waals surface area contributed by atoms with Crippen LogP contribution in [-0.4, -0.2) is 15.7 Å². The largest absolute Gasteiger partial charge is 0.348 e. The quantitative estimate of drug-likeness (QED) is 0.927. The Balaban J connectivity index is 2.06. The molecule has 0 spiro atoms. The van der Waals surface area contributed by atoms with Crippen LogP contribution in [0.3, 0.4) is 0 Å². The summed E-state index contributed by atoms with van der Waals surface area (Å²) in [4.78, 5) is 23.7. The zero-order chi connectivity index (χ0) is 16.3. The molecule has 22 heavy (non-hydrogen) atoms. The van der Waals surface area contributed by atoms with Gasteiger partial charge in [0.2, 0.25) is 5.91 Å². The third-order valence-electron chi connectivity index (χ3n) is 2.98. The number of carbonyl (C=O) groups excluding carboxylic acids is 1. The highest BCUT2D eigenvalue weighted by Gasteiger charge is 2.13. The van der Waals surface area contributed by atoms with Gasteiger partial charge in [0.25, 0.3) is 5.56 Å². The third-order valence-corrected chi connectivity index (χ3v) is 3.73. The molecule has 5 nitrogen and oxygen atoms in total. The Morgan fingerprint density at radius 3 is 2.64 bits per heavy atom.